The number of hydrogen-bond acceptors (Lipinski definition) is 9. The highest BCUT2D eigenvalue weighted by Crippen LogP contribution is 2.67. The molecule has 3 rings (SSSR count). The number of fused-ring (bicyclic) bond motifs is 1. The van der Waals surface area contributed by atoms with Gasteiger partial charge >= 0.3 is 17.9 Å². The Morgan fingerprint density at radius 2 is 1.63 bits per heavy atom. The van der Waals surface area contributed by atoms with E-state index in [9.17, 15) is 24.6 Å². The highest BCUT2D eigenvalue weighted by atomic mass is 16.6. The van der Waals surface area contributed by atoms with Crippen molar-refractivity contribution in [2.75, 3.05) is 13.2 Å². The molecule has 3 aliphatic rings. The van der Waals surface area contributed by atoms with Gasteiger partial charge in [0.25, 0.3) is 0 Å². The summed E-state index contributed by atoms with van der Waals surface area (Å²) in [5.74, 6) is -1.84. The van der Waals surface area contributed by atoms with Gasteiger partial charge in [-0.3, -0.25) is 14.4 Å². The van der Waals surface area contributed by atoms with Crippen LogP contribution in [0.15, 0.2) is 0 Å². The molecule has 30 heavy (non-hydrogen) atoms. The van der Waals surface area contributed by atoms with Gasteiger partial charge in [0.2, 0.25) is 0 Å². The zero-order chi connectivity index (χ0) is 22.5. The van der Waals surface area contributed by atoms with Gasteiger partial charge in [0.05, 0.1) is 12.2 Å². The smallest absolute Gasteiger partial charge is 0.303 e. The molecule has 170 valence electrons. The summed E-state index contributed by atoms with van der Waals surface area (Å²) in [7, 11) is 0. The summed E-state index contributed by atoms with van der Waals surface area (Å²) in [4.78, 5) is 35.2. The fourth-order valence-electron chi connectivity index (χ4n) is 5.92. The van der Waals surface area contributed by atoms with Crippen molar-refractivity contribution in [1.29, 1.82) is 0 Å². The molecule has 7 atom stereocenters. The van der Waals surface area contributed by atoms with Crippen LogP contribution in [0.3, 0.4) is 0 Å². The van der Waals surface area contributed by atoms with Crippen molar-refractivity contribution in [2.24, 2.45) is 11.3 Å². The van der Waals surface area contributed by atoms with Crippen molar-refractivity contribution in [3.8, 4) is 0 Å². The minimum Gasteiger partial charge on any atom is -0.463 e. The van der Waals surface area contributed by atoms with Crippen molar-refractivity contribution < 1.29 is 43.5 Å². The van der Waals surface area contributed by atoms with E-state index >= 15 is 0 Å². The number of esters is 3. The molecule has 0 aromatic heterocycles. The summed E-state index contributed by atoms with van der Waals surface area (Å²) in [5, 5.41) is 22.2. The van der Waals surface area contributed by atoms with Crippen LogP contribution in [0.25, 0.3) is 0 Å². The molecule has 2 bridgehead atoms. The van der Waals surface area contributed by atoms with Gasteiger partial charge in [-0.15, -0.1) is 0 Å². The Balaban J connectivity index is 2.16. The molecule has 1 aliphatic heterocycles. The minimum absolute atomic E-state index is 0.222. The van der Waals surface area contributed by atoms with Gasteiger partial charge < -0.3 is 29.2 Å². The maximum Gasteiger partial charge on any atom is 0.303 e. The van der Waals surface area contributed by atoms with Gasteiger partial charge in [0.15, 0.2) is 5.60 Å². The Hall–Kier alpha value is -1.71. The maximum atomic E-state index is 12.0. The van der Waals surface area contributed by atoms with Crippen LogP contribution in [0.5, 0.6) is 0 Å². The molecule has 9 nitrogen and oxygen atoms in total. The molecule has 0 aromatic carbocycles. The fourth-order valence-corrected chi connectivity index (χ4v) is 5.92. The Kier molecular flexibility index (Phi) is 5.71. The lowest BCUT2D eigenvalue weighted by Gasteiger charge is -2.62. The van der Waals surface area contributed by atoms with Gasteiger partial charge in [-0.05, 0) is 38.5 Å². The molecule has 1 saturated heterocycles. The molecule has 2 N–H and O–H groups in total. The first-order chi connectivity index (χ1) is 13.8. The zero-order valence-corrected chi connectivity index (χ0v) is 18.2. The number of rotatable bonds is 5. The molecule has 0 amide bonds. The molecular formula is C21H32O9. The van der Waals surface area contributed by atoms with Gasteiger partial charge in [-0.25, -0.2) is 0 Å². The predicted molar refractivity (Wildman–Crippen MR) is 102 cm³/mol. The van der Waals surface area contributed by atoms with Crippen LogP contribution in [0.2, 0.25) is 0 Å². The molecule has 2 saturated carbocycles. The van der Waals surface area contributed by atoms with Crippen LogP contribution in [-0.2, 0) is 33.3 Å². The molecule has 0 radical (unpaired) electrons. The first-order valence-corrected chi connectivity index (χ1v) is 10.3. The van der Waals surface area contributed by atoms with E-state index in [-0.39, 0.29) is 18.9 Å². The van der Waals surface area contributed by atoms with E-state index in [1.165, 1.54) is 20.8 Å². The van der Waals surface area contributed by atoms with Crippen molar-refractivity contribution in [3.63, 3.8) is 0 Å². The first-order valence-electron chi connectivity index (χ1n) is 10.3. The average Bonchev–Trinajstić information content (AvgIpc) is 2.91. The summed E-state index contributed by atoms with van der Waals surface area (Å²) in [6, 6.07) is 0. The van der Waals surface area contributed by atoms with Crippen LogP contribution in [0.4, 0.5) is 0 Å². The summed E-state index contributed by atoms with van der Waals surface area (Å²) < 4.78 is 22.9. The molecular weight excluding hydrogens is 396 g/mol. The van der Waals surface area contributed by atoms with Crippen molar-refractivity contribution in [2.45, 2.75) is 89.3 Å². The summed E-state index contributed by atoms with van der Waals surface area (Å²) >= 11 is 0. The van der Waals surface area contributed by atoms with Crippen molar-refractivity contribution in [3.05, 3.63) is 0 Å². The standard InChI is InChI=1S/C21H32O9/c1-12(23)27-11-20(26)16(28-13(2)24)6-7-18(4)17(29-14(3)25)8-15-9-21(18,20)30-19(15,5)10-22/h15-17,22,26H,6-11H2,1-5H3/t15-,16-,17-,18+,19-,20-,21-/m1/s1. The second-order valence-corrected chi connectivity index (χ2v) is 9.39. The molecule has 1 spiro atoms. The topological polar surface area (TPSA) is 129 Å². The monoisotopic (exact) mass is 428 g/mol. The first kappa shape index (κ1) is 23.0. The van der Waals surface area contributed by atoms with Crippen molar-refractivity contribution in [1.82, 2.24) is 0 Å². The lowest BCUT2D eigenvalue weighted by atomic mass is 9.49. The Labute approximate surface area is 176 Å². The van der Waals surface area contributed by atoms with E-state index in [0.29, 0.717) is 19.3 Å². The van der Waals surface area contributed by atoms with E-state index in [1.807, 2.05) is 6.92 Å². The lowest BCUT2D eigenvalue weighted by Crippen LogP contribution is -2.76. The summed E-state index contributed by atoms with van der Waals surface area (Å²) in [6.45, 7) is 6.68. The third-order valence-corrected chi connectivity index (χ3v) is 7.52. The van der Waals surface area contributed by atoms with Gasteiger partial charge in [0, 0.05) is 26.2 Å². The van der Waals surface area contributed by atoms with E-state index in [4.69, 9.17) is 18.9 Å². The van der Waals surface area contributed by atoms with Gasteiger partial charge in [-0.1, -0.05) is 6.92 Å². The SMILES string of the molecule is CC(=O)OC[C@@]1(O)[C@H](OC(C)=O)CC[C@@]2(C)[C@H](OC(C)=O)C[C@@H]3C[C@@]21O[C@]3(C)CO. The van der Waals surface area contributed by atoms with Gasteiger partial charge in [-0.2, -0.15) is 0 Å². The van der Waals surface area contributed by atoms with E-state index in [1.54, 1.807) is 6.92 Å². The average molecular weight is 428 g/mol. The summed E-state index contributed by atoms with van der Waals surface area (Å²) in [6.07, 6.45) is -0.0362. The number of aliphatic hydroxyl groups is 2. The minimum atomic E-state index is -1.89. The molecule has 0 aromatic rings. The molecule has 3 fully saturated rings. The van der Waals surface area contributed by atoms with Crippen molar-refractivity contribution >= 4 is 17.9 Å². The number of hydrogen-bond donors (Lipinski definition) is 2. The number of aliphatic hydroxyl groups excluding tert-OH is 1. The number of carbonyl (C=O) groups is 3. The maximum absolute atomic E-state index is 12.0. The summed E-state index contributed by atoms with van der Waals surface area (Å²) in [5.41, 5.74) is -5.11. The lowest BCUT2D eigenvalue weighted by molar-refractivity contribution is -0.323. The molecule has 1 heterocycles. The van der Waals surface area contributed by atoms with E-state index < -0.39 is 58.9 Å². The number of ether oxygens (including phenoxy) is 4. The van der Waals surface area contributed by atoms with Crippen LogP contribution in [0.1, 0.15) is 60.3 Å². The number of carbonyl (C=O) groups excluding carboxylic acids is 3. The second-order valence-electron chi connectivity index (χ2n) is 9.39. The van der Waals surface area contributed by atoms with Crippen LogP contribution in [-0.4, -0.2) is 70.3 Å². The fraction of sp³-hybridized carbons (Fsp3) is 0.857. The highest BCUT2D eigenvalue weighted by Gasteiger charge is 2.78. The molecule has 9 heteroatoms. The largest absolute Gasteiger partial charge is 0.463 e. The van der Waals surface area contributed by atoms with Crippen LogP contribution >= 0.6 is 0 Å². The van der Waals surface area contributed by atoms with E-state index in [0.717, 1.165) is 0 Å². The molecule has 2 aliphatic carbocycles. The quantitative estimate of drug-likeness (QED) is 0.484. The second kappa shape index (κ2) is 7.46. The van der Waals surface area contributed by atoms with Gasteiger partial charge in [0.1, 0.15) is 24.4 Å². The predicted octanol–water partition coefficient (Wildman–Crippen LogP) is 0.874. The zero-order valence-electron chi connectivity index (χ0n) is 18.2. The van der Waals surface area contributed by atoms with Crippen LogP contribution in [0, 0.1) is 11.3 Å². The third kappa shape index (κ3) is 3.22. The normalized spacial score (nSPS) is 44.7. The van der Waals surface area contributed by atoms with E-state index in [2.05, 4.69) is 0 Å². The Morgan fingerprint density at radius 3 is 2.17 bits per heavy atom. The molecule has 0 unspecified atom stereocenters. The third-order valence-electron chi connectivity index (χ3n) is 7.52. The highest BCUT2D eigenvalue weighted by molar-refractivity contribution is 5.67. The Morgan fingerprint density at radius 1 is 1.03 bits per heavy atom. The Bertz CT molecular complexity index is 738. The van der Waals surface area contributed by atoms with Crippen LogP contribution < -0.4 is 0 Å².